The van der Waals surface area contributed by atoms with E-state index in [1.54, 1.807) is 18.2 Å². The molecule has 3 nitrogen and oxygen atoms in total. The van der Waals surface area contributed by atoms with E-state index < -0.39 is 0 Å². The number of hydrogen-bond acceptors (Lipinski definition) is 3. The van der Waals surface area contributed by atoms with Crippen molar-refractivity contribution >= 4 is 40.9 Å². The lowest BCUT2D eigenvalue weighted by molar-refractivity contribution is -0.118. The van der Waals surface area contributed by atoms with E-state index in [-0.39, 0.29) is 5.91 Å². The molecule has 24 heavy (non-hydrogen) atoms. The van der Waals surface area contributed by atoms with E-state index in [1.165, 1.54) is 11.8 Å². The van der Waals surface area contributed by atoms with Crippen LogP contribution in [0.2, 0.25) is 10.0 Å². The van der Waals surface area contributed by atoms with Crippen molar-refractivity contribution in [2.45, 2.75) is 12.4 Å². The van der Waals surface area contributed by atoms with Gasteiger partial charge in [0.1, 0.15) is 0 Å². The summed E-state index contributed by atoms with van der Waals surface area (Å²) in [5, 5.41) is 4.09. The second-order valence-corrected chi connectivity index (χ2v) is 6.88. The summed E-state index contributed by atoms with van der Waals surface area (Å²) in [5.41, 5.74) is 1.99. The summed E-state index contributed by atoms with van der Waals surface area (Å²) in [7, 11) is 0. The Kier molecular flexibility index (Phi) is 8.47. The van der Waals surface area contributed by atoms with Gasteiger partial charge in [0.15, 0.2) is 0 Å². The number of nitrogens with one attached hydrogen (secondary N) is 1. The average Bonchev–Trinajstić information content (AvgIpc) is 2.58. The quantitative estimate of drug-likeness (QED) is 0.644. The molecule has 6 heteroatoms. The van der Waals surface area contributed by atoms with Crippen LogP contribution in [0.1, 0.15) is 11.1 Å². The second-order valence-electron chi connectivity index (χ2n) is 5.08. The van der Waals surface area contributed by atoms with Gasteiger partial charge in [-0.05, 0) is 23.3 Å². The van der Waals surface area contributed by atoms with Crippen LogP contribution in [0.4, 0.5) is 0 Å². The molecule has 0 spiro atoms. The third kappa shape index (κ3) is 6.73. The number of carbonyl (C=O) groups is 1. The number of thioether (sulfide) groups is 1. The first-order valence-electron chi connectivity index (χ1n) is 7.56. The van der Waals surface area contributed by atoms with Crippen LogP contribution in [0.5, 0.6) is 0 Å². The number of amides is 1. The fourth-order valence-corrected chi connectivity index (χ4v) is 3.59. The summed E-state index contributed by atoms with van der Waals surface area (Å²) in [6, 6.07) is 15.3. The summed E-state index contributed by atoms with van der Waals surface area (Å²) in [4.78, 5) is 11.8. The fraction of sp³-hybridized carbons (Fsp3) is 0.278. The Morgan fingerprint density at radius 1 is 1.04 bits per heavy atom. The minimum Gasteiger partial charge on any atom is -0.375 e. The van der Waals surface area contributed by atoms with Gasteiger partial charge in [0.05, 0.1) is 19.0 Å². The molecule has 0 saturated heterocycles. The van der Waals surface area contributed by atoms with E-state index in [2.05, 4.69) is 5.32 Å². The summed E-state index contributed by atoms with van der Waals surface area (Å²) in [6.07, 6.45) is 0. The van der Waals surface area contributed by atoms with Crippen LogP contribution in [-0.4, -0.2) is 24.8 Å². The minimum absolute atomic E-state index is 0.0218. The molecule has 1 N–H and O–H groups in total. The van der Waals surface area contributed by atoms with E-state index in [9.17, 15) is 4.79 Å². The molecule has 0 heterocycles. The summed E-state index contributed by atoms with van der Waals surface area (Å²) >= 11 is 13.7. The Morgan fingerprint density at radius 3 is 2.46 bits per heavy atom. The van der Waals surface area contributed by atoms with Gasteiger partial charge in [-0.25, -0.2) is 0 Å². The predicted molar refractivity (Wildman–Crippen MR) is 102 cm³/mol. The molecule has 2 aromatic carbocycles. The summed E-state index contributed by atoms with van der Waals surface area (Å²) in [5.74, 6) is 0.947. The lowest BCUT2D eigenvalue weighted by atomic mass is 10.2. The topological polar surface area (TPSA) is 38.3 Å². The van der Waals surface area contributed by atoms with Gasteiger partial charge in [0.25, 0.3) is 0 Å². The van der Waals surface area contributed by atoms with Gasteiger partial charge < -0.3 is 10.1 Å². The Labute approximate surface area is 156 Å². The largest absolute Gasteiger partial charge is 0.375 e. The fourth-order valence-electron chi connectivity index (χ4n) is 1.99. The van der Waals surface area contributed by atoms with E-state index in [0.717, 1.165) is 11.1 Å². The number of hydrogen-bond donors (Lipinski definition) is 1. The molecule has 0 atom stereocenters. The van der Waals surface area contributed by atoms with E-state index in [1.807, 2.05) is 30.3 Å². The number of ether oxygens (including phenoxy) is 1. The van der Waals surface area contributed by atoms with Gasteiger partial charge in [-0.1, -0.05) is 59.6 Å². The van der Waals surface area contributed by atoms with Crippen LogP contribution >= 0.6 is 35.0 Å². The van der Waals surface area contributed by atoms with Crippen molar-refractivity contribution in [2.75, 3.05) is 18.9 Å². The summed E-state index contributed by atoms with van der Waals surface area (Å²) < 4.78 is 5.52. The lowest BCUT2D eigenvalue weighted by Gasteiger charge is -2.08. The Morgan fingerprint density at radius 2 is 1.75 bits per heavy atom. The zero-order valence-electron chi connectivity index (χ0n) is 13.1. The molecule has 0 bridgehead atoms. The van der Waals surface area contributed by atoms with Crippen molar-refractivity contribution in [2.24, 2.45) is 0 Å². The maximum Gasteiger partial charge on any atom is 0.230 e. The molecule has 0 aliphatic heterocycles. The van der Waals surface area contributed by atoms with Crippen LogP contribution in [0.25, 0.3) is 0 Å². The van der Waals surface area contributed by atoms with Gasteiger partial charge in [-0.3, -0.25) is 4.79 Å². The Balaban J connectivity index is 1.57. The van der Waals surface area contributed by atoms with Crippen molar-refractivity contribution in [1.29, 1.82) is 0 Å². The molecular weight excluding hydrogens is 365 g/mol. The van der Waals surface area contributed by atoms with Crippen LogP contribution < -0.4 is 5.32 Å². The number of carbonyl (C=O) groups excluding carboxylic acids is 1. The van der Waals surface area contributed by atoms with Crippen LogP contribution in [0.15, 0.2) is 48.5 Å². The number of rotatable bonds is 9. The van der Waals surface area contributed by atoms with E-state index in [4.69, 9.17) is 27.9 Å². The lowest BCUT2D eigenvalue weighted by Crippen LogP contribution is -2.28. The molecule has 2 rings (SSSR count). The first-order chi connectivity index (χ1) is 11.7. The van der Waals surface area contributed by atoms with Crippen molar-refractivity contribution < 1.29 is 9.53 Å². The van der Waals surface area contributed by atoms with Gasteiger partial charge in [-0.15, -0.1) is 11.8 Å². The molecule has 2 aromatic rings. The van der Waals surface area contributed by atoms with Crippen molar-refractivity contribution in [3.8, 4) is 0 Å². The highest BCUT2D eigenvalue weighted by molar-refractivity contribution is 7.99. The summed E-state index contributed by atoms with van der Waals surface area (Å²) in [6.45, 7) is 1.54. The van der Waals surface area contributed by atoms with Gasteiger partial charge in [0, 0.05) is 22.3 Å². The molecule has 0 fully saturated rings. The number of benzene rings is 2. The number of halogens is 2. The monoisotopic (exact) mass is 383 g/mol. The predicted octanol–water partition coefficient (Wildman–Crippen LogP) is 4.56. The first kappa shape index (κ1) is 19.1. The maximum atomic E-state index is 11.8. The van der Waals surface area contributed by atoms with E-state index >= 15 is 0 Å². The Hall–Kier alpha value is -1.20. The second kappa shape index (κ2) is 10.6. The standard InChI is InChI=1S/C18H19Cl2NO2S/c19-16-7-4-8-17(20)15(16)12-24-13-18(22)21-9-10-23-11-14-5-2-1-3-6-14/h1-8H,9-13H2,(H,21,22). The highest BCUT2D eigenvalue weighted by Gasteiger charge is 2.07. The molecule has 0 radical (unpaired) electrons. The minimum atomic E-state index is -0.0218. The van der Waals surface area contributed by atoms with E-state index in [0.29, 0.717) is 41.3 Å². The van der Waals surface area contributed by atoms with Crippen LogP contribution in [-0.2, 0) is 21.9 Å². The maximum absolute atomic E-state index is 11.8. The highest BCUT2D eigenvalue weighted by Crippen LogP contribution is 2.27. The molecule has 0 aliphatic rings. The van der Waals surface area contributed by atoms with Crippen molar-refractivity contribution in [1.82, 2.24) is 5.32 Å². The third-order valence-corrected chi connectivity index (χ3v) is 4.89. The van der Waals surface area contributed by atoms with Crippen LogP contribution in [0.3, 0.4) is 0 Å². The molecular formula is C18H19Cl2NO2S. The SMILES string of the molecule is O=C(CSCc1c(Cl)cccc1Cl)NCCOCc1ccccc1. The molecule has 0 aromatic heterocycles. The normalized spacial score (nSPS) is 10.6. The van der Waals surface area contributed by atoms with Gasteiger partial charge >= 0.3 is 0 Å². The zero-order valence-corrected chi connectivity index (χ0v) is 15.5. The van der Waals surface area contributed by atoms with Crippen LogP contribution in [0, 0.1) is 0 Å². The average molecular weight is 384 g/mol. The smallest absolute Gasteiger partial charge is 0.230 e. The first-order valence-corrected chi connectivity index (χ1v) is 9.47. The molecule has 128 valence electrons. The molecule has 0 unspecified atom stereocenters. The molecule has 0 aliphatic carbocycles. The zero-order chi connectivity index (χ0) is 17.2. The Bertz CT molecular complexity index is 632. The highest BCUT2D eigenvalue weighted by atomic mass is 35.5. The van der Waals surface area contributed by atoms with Gasteiger partial charge in [-0.2, -0.15) is 0 Å². The van der Waals surface area contributed by atoms with Gasteiger partial charge in [0.2, 0.25) is 5.91 Å². The van der Waals surface area contributed by atoms with Crippen molar-refractivity contribution in [3.63, 3.8) is 0 Å². The third-order valence-electron chi connectivity index (χ3n) is 3.22. The van der Waals surface area contributed by atoms with Crippen molar-refractivity contribution in [3.05, 3.63) is 69.7 Å². The molecule has 0 saturated carbocycles. The molecule has 1 amide bonds.